The van der Waals surface area contributed by atoms with Crippen LogP contribution in [0.2, 0.25) is 0 Å². The van der Waals surface area contributed by atoms with Crippen LogP contribution in [-0.2, 0) is 16.4 Å². The molecule has 0 fully saturated rings. The van der Waals surface area contributed by atoms with E-state index in [4.69, 9.17) is 0 Å². The SMILES string of the molecule is C[C@@H](N=Cc1cc([N+](=O)[O-])ccc1O)C(O)(c1ccc(C(C)(C)C)cc1)c1ccc(C(C)(C)C)cc1. The number of benzene rings is 3. The van der Waals surface area contributed by atoms with Crippen LogP contribution in [0.15, 0.2) is 71.7 Å². The number of nitro groups is 1. The van der Waals surface area contributed by atoms with Crippen molar-refractivity contribution in [2.24, 2.45) is 4.99 Å². The predicted octanol–water partition coefficient (Wildman–Crippen LogP) is 6.64. The molecular weight excluding hydrogens is 452 g/mol. The third-order valence-corrected chi connectivity index (χ3v) is 6.65. The molecule has 3 rings (SSSR count). The summed E-state index contributed by atoms with van der Waals surface area (Å²) >= 11 is 0. The topological polar surface area (TPSA) is 96.0 Å². The molecule has 0 aliphatic rings. The lowest BCUT2D eigenvalue weighted by Gasteiger charge is -2.34. The first-order chi connectivity index (χ1) is 16.6. The number of hydrogen-bond acceptors (Lipinski definition) is 5. The molecule has 0 unspecified atom stereocenters. The molecule has 2 N–H and O–H groups in total. The maximum Gasteiger partial charge on any atom is 0.270 e. The number of aliphatic hydroxyl groups is 1. The van der Waals surface area contributed by atoms with Crippen LogP contribution in [0.25, 0.3) is 0 Å². The molecular formula is C30H36N2O4. The Hall–Kier alpha value is -3.51. The summed E-state index contributed by atoms with van der Waals surface area (Å²) in [6, 6.07) is 18.9. The van der Waals surface area contributed by atoms with Crippen LogP contribution in [0.4, 0.5) is 5.69 Å². The summed E-state index contributed by atoms with van der Waals surface area (Å²) in [5, 5.41) is 33.6. The molecule has 0 radical (unpaired) electrons. The van der Waals surface area contributed by atoms with Crippen molar-refractivity contribution in [1.82, 2.24) is 0 Å². The fourth-order valence-electron chi connectivity index (χ4n) is 4.16. The van der Waals surface area contributed by atoms with Gasteiger partial charge >= 0.3 is 0 Å². The minimum absolute atomic E-state index is 0.0334. The fraction of sp³-hybridized carbons (Fsp3) is 0.367. The molecule has 0 spiro atoms. The average molecular weight is 489 g/mol. The van der Waals surface area contributed by atoms with Gasteiger partial charge in [-0.3, -0.25) is 15.1 Å². The van der Waals surface area contributed by atoms with Crippen LogP contribution in [0.5, 0.6) is 5.75 Å². The number of rotatable bonds is 6. The number of nitro benzene ring substituents is 1. The van der Waals surface area contributed by atoms with Gasteiger partial charge in [-0.25, -0.2) is 0 Å². The first kappa shape index (κ1) is 27.1. The first-order valence-electron chi connectivity index (χ1n) is 12.1. The van der Waals surface area contributed by atoms with Gasteiger partial charge in [-0.15, -0.1) is 0 Å². The number of aliphatic imine (C=N–C) groups is 1. The third-order valence-electron chi connectivity index (χ3n) is 6.65. The van der Waals surface area contributed by atoms with E-state index >= 15 is 0 Å². The Balaban J connectivity index is 2.10. The molecule has 1 atom stereocenters. The fourth-order valence-corrected chi connectivity index (χ4v) is 4.16. The van der Waals surface area contributed by atoms with E-state index < -0.39 is 16.6 Å². The number of aromatic hydroxyl groups is 1. The van der Waals surface area contributed by atoms with Crippen molar-refractivity contribution in [3.05, 3.63) is 105 Å². The van der Waals surface area contributed by atoms with Crippen LogP contribution < -0.4 is 0 Å². The van der Waals surface area contributed by atoms with Gasteiger partial charge in [0.1, 0.15) is 11.4 Å². The summed E-state index contributed by atoms with van der Waals surface area (Å²) in [6.45, 7) is 14.6. The highest BCUT2D eigenvalue weighted by atomic mass is 16.6. The summed E-state index contributed by atoms with van der Waals surface area (Å²) in [7, 11) is 0. The molecule has 0 aliphatic heterocycles. The van der Waals surface area contributed by atoms with Crippen molar-refractivity contribution in [3.63, 3.8) is 0 Å². The van der Waals surface area contributed by atoms with E-state index in [1.807, 2.05) is 48.5 Å². The van der Waals surface area contributed by atoms with E-state index in [-0.39, 0.29) is 27.8 Å². The molecule has 0 aliphatic carbocycles. The standard InChI is InChI=1S/C30H36N2O4/c1-20(31-19-21-18-26(32(35)36)16-17-27(21)33)30(34,24-12-8-22(9-13-24)28(2,3)4)25-14-10-23(11-15-25)29(5,6)7/h8-20,33-34H,1-7H3/t20-/m1/s1. The van der Waals surface area contributed by atoms with Crippen LogP contribution in [0.3, 0.4) is 0 Å². The van der Waals surface area contributed by atoms with E-state index in [0.717, 1.165) is 11.1 Å². The number of phenols is 1. The number of phenolic OH excluding ortho intramolecular Hbond substituents is 1. The van der Waals surface area contributed by atoms with Gasteiger partial charge in [-0.05, 0) is 46.1 Å². The van der Waals surface area contributed by atoms with Gasteiger partial charge in [0, 0.05) is 23.9 Å². The molecule has 0 aromatic heterocycles. The van der Waals surface area contributed by atoms with Crippen molar-refractivity contribution < 1.29 is 15.1 Å². The van der Waals surface area contributed by atoms with Gasteiger partial charge < -0.3 is 10.2 Å². The molecule has 0 bridgehead atoms. The second-order valence-electron chi connectivity index (χ2n) is 11.4. The van der Waals surface area contributed by atoms with Gasteiger partial charge in [-0.1, -0.05) is 90.1 Å². The van der Waals surface area contributed by atoms with Gasteiger partial charge in [0.05, 0.1) is 11.0 Å². The zero-order valence-corrected chi connectivity index (χ0v) is 22.1. The Kier molecular flexibility index (Phi) is 7.42. The third kappa shape index (κ3) is 5.65. The van der Waals surface area contributed by atoms with E-state index in [9.17, 15) is 20.3 Å². The van der Waals surface area contributed by atoms with Crippen molar-refractivity contribution in [2.75, 3.05) is 0 Å². The van der Waals surface area contributed by atoms with Crippen molar-refractivity contribution in [2.45, 2.75) is 70.9 Å². The molecule has 6 heteroatoms. The average Bonchev–Trinajstić information content (AvgIpc) is 2.81. The van der Waals surface area contributed by atoms with Crippen LogP contribution in [0.1, 0.15) is 76.3 Å². The Morgan fingerprint density at radius 3 is 1.61 bits per heavy atom. The molecule has 0 amide bonds. The predicted molar refractivity (Wildman–Crippen MR) is 145 cm³/mol. The highest BCUT2D eigenvalue weighted by molar-refractivity contribution is 5.84. The molecule has 0 heterocycles. The monoisotopic (exact) mass is 488 g/mol. The molecule has 190 valence electrons. The Bertz CT molecular complexity index is 1190. The maximum absolute atomic E-state index is 12.2. The van der Waals surface area contributed by atoms with E-state index in [0.29, 0.717) is 11.1 Å². The minimum atomic E-state index is -1.47. The number of hydrogen-bond donors (Lipinski definition) is 2. The number of non-ortho nitro benzene ring substituents is 1. The Labute approximate surface area is 213 Å². The van der Waals surface area contributed by atoms with Gasteiger partial charge in [-0.2, -0.15) is 0 Å². The highest BCUT2D eigenvalue weighted by Gasteiger charge is 2.38. The second kappa shape index (κ2) is 9.86. The van der Waals surface area contributed by atoms with Crippen molar-refractivity contribution in [1.29, 1.82) is 0 Å². The van der Waals surface area contributed by atoms with E-state index in [2.05, 4.69) is 46.5 Å². The summed E-state index contributed by atoms with van der Waals surface area (Å²) in [4.78, 5) is 15.2. The summed E-state index contributed by atoms with van der Waals surface area (Å²) in [6.07, 6.45) is 1.38. The largest absolute Gasteiger partial charge is 0.507 e. The maximum atomic E-state index is 12.2. The molecule has 0 saturated heterocycles. The lowest BCUT2D eigenvalue weighted by molar-refractivity contribution is -0.384. The second-order valence-corrected chi connectivity index (χ2v) is 11.4. The minimum Gasteiger partial charge on any atom is -0.507 e. The van der Waals surface area contributed by atoms with E-state index in [1.165, 1.54) is 24.4 Å². The lowest BCUT2D eigenvalue weighted by atomic mass is 9.78. The van der Waals surface area contributed by atoms with Crippen molar-refractivity contribution >= 4 is 11.9 Å². The van der Waals surface area contributed by atoms with Crippen molar-refractivity contribution in [3.8, 4) is 5.75 Å². The number of nitrogens with zero attached hydrogens (tertiary/aromatic N) is 2. The van der Waals surface area contributed by atoms with Crippen LogP contribution in [0, 0.1) is 10.1 Å². The van der Waals surface area contributed by atoms with E-state index in [1.54, 1.807) is 6.92 Å². The zero-order valence-electron chi connectivity index (χ0n) is 22.1. The quantitative estimate of drug-likeness (QED) is 0.231. The molecule has 3 aromatic rings. The molecule has 0 saturated carbocycles. The molecule has 6 nitrogen and oxygen atoms in total. The summed E-state index contributed by atoms with van der Waals surface area (Å²) in [5.74, 6) is -0.121. The Morgan fingerprint density at radius 1 is 0.806 bits per heavy atom. The zero-order chi connectivity index (χ0) is 26.9. The van der Waals surface area contributed by atoms with Crippen LogP contribution >= 0.6 is 0 Å². The smallest absolute Gasteiger partial charge is 0.270 e. The molecule has 3 aromatic carbocycles. The van der Waals surface area contributed by atoms with Crippen LogP contribution in [-0.4, -0.2) is 27.4 Å². The van der Waals surface area contributed by atoms with Gasteiger partial charge in [0.2, 0.25) is 0 Å². The summed E-state index contributed by atoms with van der Waals surface area (Å²) in [5.41, 5.74) is 2.20. The van der Waals surface area contributed by atoms with Gasteiger partial charge in [0.15, 0.2) is 0 Å². The first-order valence-corrected chi connectivity index (χ1v) is 12.1. The Morgan fingerprint density at radius 2 is 1.22 bits per heavy atom. The normalized spacial score (nSPS) is 13.7. The molecule has 36 heavy (non-hydrogen) atoms. The van der Waals surface area contributed by atoms with Gasteiger partial charge in [0.25, 0.3) is 5.69 Å². The highest BCUT2D eigenvalue weighted by Crippen LogP contribution is 2.37. The summed E-state index contributed by atoms with van der Waals surface area (Å²) < 4.78 is 0. The lowest BCUT2D eigenvalue weighted by Crippen LogP contribution is -2.38.